The van der Waals surface area contributed by atoms with Crippen molar-refractivity contribution in [1.29, 1.82) is 0 Å². The van der Waals surface area contributed by atoms with Gasteiger partial charge in [-0.25, -0.2) is 0 Å². The summed E-state index contributed by atoms with van der Waals surface area (Å²) in [5.41, 5.74) is 2.03. The Labute approximate surface area is 115 Å². The van der Waals surface area contributed by atoms with Crippen molar-refractivity contribution in [1.82, 2.24) is 0 Å². The van der Waals surface area contributed by atoms with Gasteiger partial charge in [0.05, 0.1) is 4.47 Å². The lowest BCUT2D eigenvalue weighted by atomic mass is 10.1. The maximum Gasteiger partial charge on any atom is 0.133 e. The minimum atomic E-state index is -0.612. The lowest BCUT2D eigenvalue weighted by Crippen LogP contribution is -2.09. The quantitative estimate of drug-likeness (QED) is 0.929. The van der Waals surface area contributed by atoms with Gasteiger partial charge in [-0.2, -0.15) is 0 Å². The van der Waals surface area contributed by atoms with Crippen molar-refractivity contribution < 1.29 is 9.84 Å². The van der Waals surface area contributed by atoms with Crippen molar-refractivity contribution in [2.75, 3.05) is 6.61 Å². The van der Waals surface area contributed by atoms with Gasteiger partial charge in [-0.1, -0.05) is 36.4 Å². The van der Waals surface area contributed by atoms with Crippen LogP contribution in [0.1, 0.15) is 17.2 Å². The largest absolute Gasteiger partial charge is 0.489 e. The summed E-state index contributed by atoms with van der Waals surface area (Å²) in [6, 6.07) is 15.4. The predicted octanol–water partition coefficient (Wildman–Crippen LogP) is 3.87. The Kier molecular flexibility index (Phi) is 4.39. The maximum atomic E-state index is 9.99. The van der Waals surface area contributed by atoms with Gasteiger partial charge in [-0.05, 0) is 46.1 Å². The first-order valence-corrected chi connectivity index (χ1v) is 6.58. The van der Waals surface area contributed by atoms with Crippen LogP contribution in [0.15, 0.2) is 53.0 Å². The third-order valence-electron chi connectivity index (χ3n) is 2.67. The van der Waals surface area contributed by atoms with Crippen LogP contribution in [0.5, 0.6) is 5.75 Å². The zero-order valence-corrected chi connectivity index (χ0v) is 11.7. The summed E-state index contributed by atoms with van der Waals surface area (Å²) in [5, 5.41) is 9.99. The third kappa shape index (κ3) is 3.34. The number of rotatable bonds is 4. The average molecular weight is 307 g/mol. The Morgan fingerprint density at radius 1 is 1.17 bits per heavy atom. The molecule has 0 heterocycles. The molecule has 0 amide bonds. The van der Waals surface area contributed by atoms with Crippen LogP contribution in [-0.4, -0.2) is 11.7 Å². The smallest absolute Gasteiger partial charge is 0.133 e. The minimum Gasteiger partial charge on any atom is -0.489 e. The lowest BCUT2D eigenvalue weighted by Gasteiger charge is -2.13. The third-order valence-corrected chi connectivity index (χ3v) is 3.29. The van der Waals surface area contributed by atoms with Gasteiger partial charge in [-0.3, -0.25) is 0 Å². The molecule has 1 atom stereocenters. The monoisotopic (exact) mass is 306 g/mol. The van der Waals surface area contributed by atoms with E-state index in [9.17, 15) is 5.11 Å². The molecule has 94 valence electrons. The topological polar surface area (TPSA) is 29.5 Å². The first-order valence-electron chi connectivity index (χ1n) is 5.79. The molecule has 0 aliphatic carbocycles. The summed E-state index contributed by atoms with van der Waals surface area (Å²) >= 11 is 3.45. The lowest BCUT2D eigenvalue weighted by molar-refractivity contribution is 0.108. The first kappa shape index (κ1) is 13.1. The fourth-order valence-corrected chi connectivity index (χ4v) is 2.27. The molecule has 0 saturated carbocycles. The second-order valence-electron chi connectivity index (χ2n) is 4.17. The van der Waals surface area contributed by atoms with Crippen molar-refractivity contribution in [3.8, 4) is 5.75 Å². The molecule has 2 aromatic carbocycles. The highest BCUT2D eigenvalue weighted by molar-refractivity contribution is 9.10. The highest BCUT2D eigenvalue weighted by Gasteiger charge is 2.09. The first-order chi connectivity index (χ1) is 8.66. The van der Waals surface area contributed by atoms with E-state index in [1.807, 2.05) is 55.5 Å². The average Bonchev–Trinajstić information content (AvgIpc) is 2.38. The standard InChI is InChI=1S/C15H15BrO2/c1-11-7-8-15(13(16)9-11)18-10-14(17)12-5-3-2-4-6-12/h2-9,14,17H,10H2,1H3. The van der Waals surface area contributed by atoms with E-state index in [4.69, 9.17) is 4.74 Å². The van der Waals surface area contributed by atoms with Crippen LogP contribution in [0.2, 0.25) is 0 Å². The highest BCUT2D eigenvalue weighted by Crippen LogP contribution is 2.26. The van der Waals surface area contributed by atoms with Gasteiger partial charge in [0.25, 0.3) is 0 Å². The van der Waals surface area contributed by atoms with Crippen molar-refractivity contribution >= 4 is 15.9 Å². The minimum absolute atomic E-state index is 0.242. The Bertz CT molecular complexity index is 511. The molecule has 0 bridgehead atoms. The summed E-state index contributed by atoms with van der Waals surface area (Å²) < 4.78 is 6.52. The molecule has 2 rings (SSSR count). The van der Waals surface area contributed by atoms with E-state index in [0.29, 0.717) is 0 Å². The number of aryl methyl sites for hydroxylation is 1. The van der Waals surface area contributed by atoms with E-state index in [-0.39, 0.29) is 6.61 Å². The molecule has 0 aliphatic heterocycles. The molecule has 1 N–H and O–H groups in total. The molecule has 18 heavy (non-hydrogen) atoms. The summed E-state index contributed by atoms with van der Waals surface area (Å²) in [6.07, 6.45) is -0.612. The molecule has 0 aliphatic rings. The van der Waals surface area contributed by atoms with Gasteiger partial charge in [0.1, 0.15) is 18.5 Å². The molecule has 0 spiro atoms. The van der Waals surface area contributed by atoms with E-state index in [1.54, 1.807) is 0 Å². The van der Waals surface area contributed by atoms with Crippen LogP contribution in [0, 0.1) is 6.92 Å². The van der Waals surface area contributed by atoms with Crippen molar-refractivity contribution in [2.45, 2.75) is 13.0 Å². The number of hydrogen-bond donors (Lipinski definition) is 1. The van der Waals surface area contributed by atoms with Crippen LogP contribution in [-0.2, 0) is 0 Å². The van der Waals surface area contributed by atoms with Crippen molar-refractivity contribution in [3.63, 3.8) is 0 Å². The molecular formula is C15H15BrO2. The number of ether oxygens (including phenoxy) is 1. The zero-order valence-electron chi connectivity index (χ0n) is 10.1. The Morgan fingerprint density at radius 2 is 1.89 bits per heavy atom. The Morgan fingerprint density at radius 3 is 2.56 bits per heavy atom. The van der Waals surface area contributed by atoms with Crippen LogP contribution < -0.4 is 4.74 Å². The van der Waals surface area contributed by atoms with E-state index in [2.05, 4.69) is 15.9 Å². The van der Waals surface area contributed by atoms with Crippen molar-refractivity contribution in [2.24, 2.45) is 0 Å². The molecule has 0 fully saturated rings. The normalized spacial score (nSPS) is 12.2. The molecule has 2 nitrogen and oxygen atoms in total. The summed E-state index contributed by atoms with van der Waals surface area (Å²) in [7, 11) is 0. The highest BCUT2D eigenvalue weighted by atomic mass is 79.9. The number of halogens is 1. The summed E-state index contributed by atoms with van der Waals surface area (Å²) in [5.74, 6) is 0.746. The molecular weight excluding hydrogens is 292 g/mol. The number of benzene rings is 2. The second kappa shape index (κ2) is 6.03. The van der Waals surface area contributed by atoms with E-state index in [0.717, 1.165) is 21.3 Å². The molecule has 0 aromatic heterocycles. The predicted molar refractivity (Wildman–Crippen MR) is 75.8 cm³/mol. The number of aliphatic hydroxyl groups excluding tert-OH is 1. The van der Waals surface area contributed by atoms with Gasteiger partial charge in [-0.15, -0.1) is 0 Å². The summed E-state index contributed by atoms with van der Waals surface area (Å²) in [6.45, 7) is 2.26. The second-order valence-corrected chi connectivity index (χ2v) is 5.03. The van der Waals surface area contributed by atoms with Crippen LogP contribution in [0.25, 0.3) is 0 Å². The van der Waals surface area contributed by atoms with Gasteiger partial charge in [0, 0.05) is 0 Å². The zero-order chi connectivity index (χ0) is 13.0. The Balaban J connectivity index is 1.99. The van der Waals surface area contributed by atoms with Gasteiger partial charge in [0.2, 0.25) is 0 Å². The molecule has 0 saturated heterocycles. The van der Waals surface area contributed by atoms with Gasteiger partial charge < -0.3 is 9.84 Å². The van der Waals surface area contributed by atoms with E-state index >= 15 is 0 Å². The molecule has 2 aromatic rings. The number of aliphatic hydroxyl groups is 1. The fourth-order valence-electron chi connectivity index (χ4n) is 1.66. The Hall–Kier alpha value is -1.32. The SMILES string of the molecule is Cc1ccc(OCC(O)c2ccccc2)c(Br)c1. The molecule has 0 radical (unpaired) electrons. The van der Waals surface area contributed by atoms with E-state index < -0.39 is 6.10 Å². The van der Waals surface area contributed by atoms with Gasteiger partial charge >= 0.3 is 0 Å². The molecule has 1 unspecified atom stereocenters. The number of hydrogen-bond acceptors (Lipinski definition) is 2. The van der Waals surface area contributed by atoms with Crippen LogP contribution in [0.4, 0.5) is 0 Å². The van der Waals surface area contributed by atoms with Crippen LogP contribution >= 0.6 is 15.9 Å². The summed E-state index contributed by atoms with van der Waals surface area (Å²) in [4.78, 5) is 0. The van der Waals surface area contributed by atoms with E-state index in [1.165, 1.54) is 0 Å². The molecule has 3 heteroatoms. The van der Waals surface area contributed by atoms with Crippen LogP contribution in [0.3, 0.4) is 0 Å². The van der Waals surface area contributed by atoms with Gasteiger partial charge in [0.15, 0.2) is 0 Å². The fraction of sp³-hybridized carbons (Fsp3) is 0.200. The maximum absolute atomic E-state index is 9.99. The van der Waals surface area contributed by atoms with Crippen molar-refractivity contribution in [3.05, 3.63) is 64.1 Å².